The summed E-state index contributed by atoms with van der Waals surface area (Å²) < 4.78 is 11.0. The molecule has 0 spiro atoms. The van der Waals surface area contributed by atoms with Gasteiger partial charge in [0, 0.05) is 28.0 Å². The van der Waals surface area contributed by atoms with E-state index in [9.17, 15) is 19.8 Å². The van der Waals surface area contributed by atoms with E-state index in [0.717, 1.165) is 0 Å². The summed E-state index contributed by atoms with van der Waals surface area (Å²) in [4.78, 5) is 23.0. The first kappa shape index (κ1) is 16.0. The summed E-state index contributed by atoms with van der Waals surface area (Å²) in [6, 6.07) is 12.1. The second-order valence-electron chi connectivity index (χ2n) is 6.07. The number of aryl methyl sites for hydroxylation is 1. The minimum Gasteiger partial charge on any atom is -0.502 e. The Bertz CT molecular complexity index is 1210. The fraction of sp³-hybridized carbons (Fsp3) is 0.100. The van der Waals surface area contributed by atoms with E-state index in [1.54, 1.807) is 25.1 Å². The summed E-state index contributed by atoms with van der Waals surface area (Å²) in [5, 5.41) is 20.9. The van der Waals surface area contributed by atoms with E-state index >= 15 is 0 Å². The number of aliphatic carboxylic acids is 1. The van der Waals surface area contributed by atoms with Gasteiger partial charge in [-0.25, -0.2) is 4.79 Å². The fourth-order valence-electron chi connectivity index (χ4n) is 3.18. The predicted octanol–water partition coefficient (Wildman–Crippen LogP) is 3.85. The largest absolute Gasteiger partial charge is 0.502 e. The molecule has 0 saturated heterocycles. The van der Waals surface area contributed by atoms with Gasteiger partial charge in [0.25, 0.3) is 0 Å². The summed E-state index contributed by atoms with van der Waals surface area (Å²) in [6.07, 6.45) is -0.266. The van der Waals surface area contributed by atoms with E-state index in [4.69, 9.17) is 8.83 Å². The molecule has 0 aliphatic rings. The van der Waals surface area contributed by atoms with Gasteiger partial charge in [-0.05, 0) is 18.6 Å². The molecule has 6 nitrogen and oxygen atoms in total. The number of benzene rings is 2. The average Bonchev–Trinajstić information content (AvgIpc) is 2.95. The topological polar surface area (TPSA) is 101 Å². The van der Waals surface area contributed by atoms with Gasteiger partial charge < -0.3 is 19.0 Å². The van der Waals surface area contributed by atoms with Crippen molar-refractivity contribution in [3.63, 3.8) is 0 Å². The molecule has 0 fully saturated rings. The second-order valence-corrected chi connectivity index (χ2v) is 6.07. The molecule has 0 amide bonds. The quantitative estimate of drug-likeness (QED) is 0.544. The minimum atomic E-state index is -1.01. The Morgan fingerprint density at radius 2 is 1.73 bits per heavy atom. The van der Waals surface area contributed by atoms with Crippen LogP contribution in [0.4, 0.5) is 0 Å². The number of fused-ring (bicyclic) bond motifs is 2. The van der Waals surface area contributed by atoms with Crippen molar-refractivity contribution >= 4 is 27.9 Å². The van der Waals surface area contributed by atoms with E-state index in [1.165, 1.54) is 6.07 Å². The highest BCUT2D eigenvalue weighted by Gasteiger charge is 2.23. The zero-order valence-electron chi connectivity index (χ0n) is 13.8. The highest BCUT2D eigenvalue weighted by Crippen LogP contribution is 2.42. The highest BCUT2D eigenvalue weighted by molar-refractivity contribution is 6.05. The molecule has 2 aromatic heterocycles. The Morgan fingerprint density at radius 1 is 1.04 bits per heavy atom. The third-order valence-corrected chi connectivity index (χ3v) is 4.34. The van der Waals surface area contributed by atoms with E-state index < -0.39 is 11.6 Å². The lowest BCUT2D eigenvalue weighted by Crippen LogP contribution is -2.01. The van der Waals surface area contributed by atoms with Crippen LogP contribution in [0.1, 0.15) is 11.1 Å². The first-order chi connectivity index (χ1) is 12.5. The third kappa shape index (κ3) is 2.43. The minimum absolute atomic E-state index is 0.0257. The van der Waals surface area contributed by atoms with Crippen LogP contribution < -0.4 is 5.63 Å². The number of rotatable bonds is 3. The van der Waals surface area contributed by atoms with Crippen LogP contribution in [0.2, 0.25) is 0 Å². The zero-order valence-corrected chi connectivity index (χ0v) is 13.8. The molecule has 130 valence electrons. The molecule has 26 heavy (non-hydrogen) atoms. The van der Waals surface area contributed by atoms with Gasteiger partial charge in [-0.15, -0.1) is 0 Å². The van der Waals surface area contributed by atoms with Crippen LogP contribution in [0, 0.1) is 6.92 Å². The van der Waals surface area contributed by atoms with Gasteiger partial charge in [0.05, 0.1) is 6.42 Å². The number of carboxylic acids is 1. The second kappa shape index (κ2) is 5.77. The van der Waals surface area contributed by atoms with Gasteiger partial charge in [-0.1, -0.05) is 30.3 Å². The Kier molecular flexibility index (Phi) is 3.54. The maximum Gasteiger partial charge on any atom is 0.336 e. The molecule has 4 aromatic rings. The van der Waals surface area contributed by atoms with E-state index in [2.05, 4.69) is 0 Å². The van der Waals surface area contributed by atoms with Crippen LogP contribution in [0.3, 0.4) is 0 Å². The first-order valence-corrected chi connectivity index (χ1v) is 7.94. The lowest BCUT2D eigenvalue weighted by Gasteiger charge is -2.04. The molecular weight excluding hydrogens is 336 g/mol. The number of hydrogen-bond donors (Lipinski definition) is 2. The average molecular weight is 350 g/mol. The van der Waals surface area contributed by atoms with Crippen LogP contribution in [0.5, 0.6) is 5.75 Å². The van der Waals surface area contributed by atoms with Gasteiger partial charge in [-0.2, -0.15) is 0 Å². The molecule has 0 aliphatic carbocycles. The molecule has 0 atom stereocenters. The maximum absolute atomic E-state index is 11.6. The van der Waals surface area contributed by atoms with Crippen LogP contribution >= 0.6 is 0 Å². The lowest BCUT2D eigenvalue weighted by atomic mass is 10.0. The van der Waals surface area contributed by atoms with Crippen molar-refractivity contribution in [3.8, 4) is 17.1 Å². The summed E-state index contributed by atoms with van der Waals surface area (Å²) in [5.74, 6) is -0.957. The van der Waals surface area contributed by atoms with Crippen LogP contribution in [-0.2, 0) is 11.2 Å². The fourth-order valence-corrected chi connectivity index (χ4v) is 3.18. The van der Waals surface area contributed by atoms with Crippen LogP contribution in [-0.4, -0.2) is 16.2 Å². The monoisotopic (exact) mass is 350 g/mol. The molecule has 2 aromatic carbocycles. The number of phenols is 1. The summed E-state index contributed by atoms with van der Waals surface area (Å²) in [6.45, 7) is 1.72. The van der Waals surface area contributed by atoms with E-state index in [-0.39, 0.29) is 23.3 Å². The molecule has 2 N–H and O–H groups in total. The standard InChI is InChI=1S/C20H14O6/c1-10-7-16(23)25-19-12(10)8-13-14(9-15(21)22)18(26-20(13)17(19)24)11-5-3-2-4-6-11/h2-8,24H,9H2,1H3,(H,21,22). The van der Waals surface area contributed by atoms with Crippen LogP contribution in [0.25, 0.3) is 33.3 Å². The summed E-state index contributed by atoms with van der Waals surface area (Å²) in [5.41, 5.74) is 1.32. The van der Waals surface area contributed by atoms with Crippen LogP contribution in [0.15, 0.2) is 56.1 Å². The number of phenolic OH excluding ortho intramolecular Hbond substituents is 1. The van der Waals surface area contributed by atoms with Crippen molar-refractivity contribution in [2.75, 3.05) is 0 Å². The Morgan fingerprint density at radius 3 is 2.42 bits per heavy atom. The summed E-state index contributed by atoms with van der Waals surface area (Å²) >= 11 is 0. The maximum atomic E-state index is 11.6. The molecule has 0 saturated carbocycles. The number of hydrogen-bond acceptors (Lipinski definition) is 5. The molecule has 0 unspecified atom stereocenters. The lowest BCUT2D eigenvalue weighted by molar-refractivity contribution is -0.136. The Labute approximate surface area is 146 Å². The Balaban J connectivity index is 2.15. The smallest absolute Gasteiger partial charge is 0.336 e. The van der Waals surface area contributed by atoms with Crippen molar-refractivity contribution in [3.05, 3.63) is 64.0 Å². The number of aromatic hydroxyl groups is 1. The van der Waals surface area contributed by atoms with Crippen molar-refractivity contribution < 1.29 is 23.8 Å². The third-order valence-electron chi connectivity index (χ3n) is 4.34. The molecule has 0 aliphatic heterocycles. The predicted molar refractivity (Wildman–Crippen MR) is 95.4 cm³/mol. The van der Waals surface area contributed by atoms with Gasteiger partial charge >= 0.3 is 11.6 Å². The summed E-state index contributed by atoms with van der Waals surface area (Å²) in [7, 11) is 0. The molecule has 0 radical (unpaired) electrons. The number of carboxylic acid groups (broad SMARTS) is 1. The van der Waals surface area contributed by atoms with E-state index in [1.807, 2.05) is 18.2 Å². The van der Waals surface area contributed by atoms with Gasteiger partial charge in [0.15, 0.2) is 11.2 Å². The van der Waals surface area contributed by atoms with Crippen molar-refractivity contribution in [2.45, 2.75) is 13.3 Å². The highest BCUT2D eigenvalue weighted by atomic mass is 16.4. The molecule has 6 heteroatoms. The Hall–Kier alpha value is -3.54. The molecule has 2 heterocycles. The molecular formula is C20H14O6. The SMILES string of the molecule is Cc1cc(=O)oc2c(O)c3oc(-c4ccccc4)c(CC(=O)O)c3cc12. The van der Waals surface area contributed by atoms with Gasteiger partial charge in [0.2, 0.25) is 5.75 Å². The van der Waals surface area contributed by atoms with Crippen molar-refractivity contribution in [1.82, 2.24) is 0 Å². The number of furan rings is 1. The molecule has 0 bridgehead atoms. The van der Waals surface area contributed by atoms with E-state index in [0.29, 0.717) is 33.2 Å². The normalized spacial score (nSPS) is 11.3. The zero-order chi connectivity index (χ0) is 18.4. The van der Waals surface area contributed by atoms with Crippen molar-refractivity contribution in [1.29, 1.82) is 0 Å². The van der Waals surface area contributed by atoms with Gasteiger partial charge in [-0.3, -0.25) is 4.79 Å². The van der Waals surface area contributed by atoms with Crippen molar-refractivity contribution in [2.24, 2.45) is 0 Å². The number of carbonyl (C=O) groups is 1. The first-order valence-electron chi connectivity index (χ1n) is 7.94. The molecule has 4 rings (SSSR count). The van der Waals surface area contributed by atoms with Gasteiger partial charge in [0.1, 0.15) is 5.76 Å².